The molecule has 0 spiro atoms. The van der Waals surface area contributed by atoms with Gasteiger partial charge in [0.2, 0.25) is 0 Å². The van der Waals surface area contributed by atoms with Crippen LogP contribution in [0.1, 0.15) is 87.8 Å². The molecule has 2 fully saturated rings. The van der Waals surface area contributed by atoms with Gasteiger partial charge in [0, 0.05) is 70.3 Å². The number of benzene rings is 4. The third-order valence-electron chi connectivity index (χ3n) is 11.8. The highest BCUT2D eigenvalue weighted by Crippen LogP contribution is 2.48. The summed E-state index contributed by atoms with van der Waals surface area (Å²) >= 11 is 0. The van der Waals surface area contributed by atoms with E-state index in [4.69, 9.17) is 18.9 Å². The van der Waals surface area contributed by atoms with E-state index in [1.807, 2.05) is 11.0 Å². The van der Waals surface area contributed by atoms with Crippen LogP contribution in [0.3, 0.4) is 0 Å². The van der Waals surface area contributed by atoms with Crippen molar-refractivity contribution in [2.24, 2.45) is 11.8 Å². The second kappa shape index (κ2) is 22.2. The summed E-state index contributed by atoms with van der Waals surface area (Å²) in [6.07, 6.45) is 2.89. The summed E-state index contributed by atoms with van der Waals surface area (Å²) in [6, 6.07) is 20.7. The van der Waals surface area contributed by atoms with Gasteiger partial charge in [0.25, 0.3) is 0 Å². The Morgan fingerprint density at radius 3 is 2.13 bits per heavy atom. The number of unbranched alkanes of at least 4 members (excludes halogenated alkanes) is 2. The maximum Gasteiger partial charge on any atom is 0.419 e. The SMILES string of the molecule is CCCC[C@](O)(OC)C1CCCNC1.COCCCC[C@@](O)(c1cc(F)cc(F)c1Oc1ccccc1C)C1CCCN(c2ccccc2Oc2ccccc2C(F)(F)F)C1. The summed E-state index contributed by atoms with van der Waals surface area (Å²) in [5, 5.41) is 26.3. The summed E-state index contributed by atoms with van der Waals surface area (Å²) < 4.78 is 94.3. The summed E-state index contributed by atoms with van der Waals surface area (Å²) in [6.45, 7) is 7.11. The summed E-state index contributed by atoms with van der Waals surface area (Å²) in [7, 11) is 3.19. The average molecular weight is 857 g/mol. The molecule has 2 aliphatic rings. The van der Waals surface area contributed by atoms with E-state index < -0.39 is 40.7 Å². The molecule has 0 saturated carbocycles. The fraction of sp³-hybridized carbons (Fsp3) is 0.500. The van der Waals surface area contributed by atoms with Gasteiger partial charge in [0.15, 0.2) is 23.1 Å². The Bertz CT molecular complexity index is 1980. The van der Waals surface area contributed by atoms with Crippen molar-refractivity contribution in [3.8, 4) is 23.0 Å². The number of methoxy groups -OCH3 is 2. The number of hydrogen-bond acceptors (Lipinski definition) is 8. The van der Waals surface area contributed by atoms with Crippen LogP contribution >= 0.6 is 0 Å². The van der Waals surface area contributed by atoms with Gasteiger partial charge >= 0.3 is 6.18 Å². The van der Waals surface area contributed by atoms with Crippen molar-refractivity contribution in [2.45, 2.75) is 95.6 Å². The number of hydrogen-bond donors (Lipinski definition) is 3. The first-order valence-corrected chi connectivity index (χ1v) is 21.3. The topological polar surface area (TPSA) is 92.7 Å². The lowest BCUT2D eigenvalue weighted by atomic mass is 9.73. The van der Waals surface area contributed by atoms with Gasteiger partial charge in [-0.05, 0) is 107 Å². The van der Waals surface area contributed by atoms with Gasteiger partial charge in [-0.1, -0.05) is 55.8 Å². The largest absolute Gasteiger partial charge is 0.455 e. The van der Waals surface area contributed by atoms with Crippen LogP contribution in [-0.2, 0) is 21.3 Å². The smallest absolute Gasteiger partial charge is 0.419 e. The van der Waals surface area contributed by atoms with Crippen LogP contribution in [0.2, 0.25) is 0 Å². The zero-order chi connectivity index (χ0) is 44.0. The average Bonchev–Trinajstić information content (AvgIpc) is 3.26. The first-order valence-electron chi connectivity index (χ1n) is 21.3. The van der Waals surface area contributed by atoms with Crippen molar-refractivity contribution in [1.29, 1.82) is 0 Å². The van der Waals surface area contributed by atoms with Crippen LogP contribution in [0, 0.1) is 30.4 Å². The van der Waals surface area contributed by atoms with Crippen LogP contribution in [0.15, 0.2) is 84.9 Å². The molecule has 2 heterocycles. The minimum Gasteiger partial charge on any atom is -0.455 e. The predicted octanol–water partition coefficient (Wildman–Crippen LogP) is 11.3. The number of aliphatic hydroxyl groups is 2. The third kappa shape index (κ3) is 12.4. The molecule has 4 aromatic rings. The number of piperidine rings is 2. The second-order valence-electron chi connectivity index (χ2n) is 16.1. The van der Waals surface area contributed by atoms with Crippen molar-refractivity contribution in [2.75, 3.05) is 51.9 Å². The number of ether oxygens (including phenoxy) is 4. The summed E-state index contributed by atoms with van der Waals surface area (Å²) in [5.74, 6) is -2.95. The number of rotatable bonds is 17. The number of alkyl halides is 3. The van der Waals surface area contributed by atoms with E-state index in [2.05, 4.69) is 12.2 Å². The minimum absolute atomic E-state index is 0.00570. The highest BCUT2D eigenvalue weighted by atomic mass is 19.4. The Labute approximate surface area is 357 Å². The normalized spacial score (nSPS) is 19.0. The molecule has 8 nitrogen and oxygen atoms in total. The molecule has 334 valence electrons. The molecule has 0 aliphatic carbocycles. The highest BCUT2D eigenvalue weighted by molar-refractivity contribution is 5.60. The lowest BCUT2D eigenvalue weighted by Crippen LogP contribution is -2.47. The van der Waals surface area contributed by atoms with Gasteiger partial charge < -0.3 is 39.4 Å². The molecule has 0 amide bonds. The number of aryl methyl sites for hydroxylation is 1. The predicted molar refractivity (Wildman–Crippen MR) is 227 cm³/mol. The van der Waals surface area contributed by atoms with E-state index in [0.29, 0.717) is 50.3 Å². The van der Waals surface area contributed by atoms with Crippen molar-refractivity contribution >= 4 is 5.69 Å². The van der Waals surface area contributed by atoms with Gasteiger partial charge in [-0.25, -0.2) is 8.78 Å². The van der Waals surface area contributed by atoms with E-state index in [9.17, 15) is 27.8 Å². The molecule has 2 aliphatic heterocycles. The van der Waals surface area contributed by atoms with Crippen molar-refractivity contribution in [3.05, 3.63) is 113 Å². The van der Waals surface area contributed by atoms with Crippen molar-refractivity contribution < 1.29 is 51.1 Å². The Morgan fingerprint density at radius 1 is 0.770 bits per heavy atom. The Hall–Kier alpha value is -4.27. The Morgan fingerprint density at radius 2 is 1.46 bits per heavy atom. The molecule has 6 rings (SSSR count). The number of nitrogens with zero attached hydrogens (tertiary/aromatic N) is 1. The maximum atomic E-state index is 15.6. The number of halogens is 5. The van der Waals surface area contributed by atoms with E-state index in [-0.39, 0.29) is 41.7 Å². The van der Waals surface area contributed by atoms with Crippen LogP contribution in [0.25, 0.3) is 0 Å². The number of anilines is 1. The molecule has 2 saturated heterocycles. The molecule has 4 atom stereocenters. The van der Waals surface area contributed by atoms with Crippen LogP contribution in [0.4, 0.5) is 27.6 Å². The van der Waals surface area contributed by atoms with E-state index >= 15 is 4.39 Å². The van der Waals surface area contributed by atoms with E-state index in [1.54, 1.807) is 63.6 Å². The second-order valence-corrected chi connectivity index (χ2v) is 16.1. The third-order valence-corrected chi connectivity index (χ3v) is 11.8. The number of nitrogens with one attached hydrogen (secondary N) is 1. The van der Waals surface area contributed by atoms with Crippen LogP contribution < -0.4 is 19.7 Å². The summed E-state index contributed by atoms with van der Waals surface area (Å²) in [4.78, 5) is 1.94. The molecule has 13 heteroatoms. The van der Waals surface area contributed by atoms with E-state index in [0.717, 1.165) is 69.0 Å². The zero-order valence-electron chi connectivity index (χ0n) is 35.7. The standard InChI is InChI=1S/C37H38F5NO4.C11H23NO2/c1-25-12-3-6-16-32(25)47-35-29(22-27(38)23-30(35)39)36(44,19-9-10-21-45-2)26-13-11-20-43(24-26)31-15-5-8-18-34(31)46-33-17-7-4-14-28(33)37(40,41)42;1-3-4-7-11(13,14-2)10-6-5-8-12-9-10/h3-8,12,14-18,22-23,26,44H,9-11,13,19-21,24H2,1-2H3;10,12-13H,3-9H2,1-2H3/t26?,36-;10?,11-/m00/s1. The molecule has 2 unspecified atom stereocenters. The first-order chi connectivity index (χ1) is 29.2. The fourth-order valence-electron chi connectivity index (χ4n) is 8.40. The molecule has 0 radical (unpaired) electrons. The zero-order valence-corrected chi connectivity index (χ0v) is 35.7. The van der Waals surface area contributed by atoms with Gasteiger partial charge in [-0.15, -0.1) is 0 Å². The monoisotopic (exact) mass is 856 g/mol. The maximum absolute atomic E-state index is 15.6. The lowest BCUT2D eigenvalue weighted by Gasteiger charge is -2.44. The Balaban J connectivity index is 0.000000427. The van der Waals surface area contributed by atoms with Crippen molar-refractivity contribution in [1.82, 2.24) is 5.32 Å². The lowest BCUT2D eigenvalue weighted by molar-refractivity contribution is -0.228. The number of para-hydroxylation sites is 4. The van der Waals surface area contributed by atoms with E-state index in [1.165, 1.54) is 18.2 Å². The highest BCUT2D eigenvalue weighted by Gasteiger charge is 2.44. The van der Waals surface area contributed by atoms with Gasteiger partial charge in [0.1, 0.15) is 17.3 Å². The summed E-state index contributed by atoms with van der Waals surface area (Å²) in [5.41, 5.74) is -1.35. The van der Waals surface area contributed by atoms with Gasteiger partial charge in [-0.2, -0.15) is 13.2 Å². The fourth-order valence-corrected chi connectivity index (χ4v) is 8.40. The van der Waals surface area contributed by atoms with Crippen molar-refractivity contribution in [3.63, 3.8) is 0 Å². The molecule has 0 aromatic heterocycles. The van der Waals surface area contributed by atoms with Crippen LogP contribution in [0.5, 0.6) is 23.0 Å². The quantitative estimate of drug-likeness (QED) is 0.0549. The molecular weight excluding hydrogens is 796 g/mol. The van der Waals surface area contributed by atoms with Gasteiger partial charge in [-0.3, -0.25) is 0 Å². The molecule has 0 bridgehead atoms. The first kappa shape index (κ1) is 47.8. The molecular formula is C48H61F5N2O6. The minimum atomic E-state index is -4.61. The van der Waals surface area contributed by atoms with Crippen LogP contribution in [-0.4, -0.2) is 63.0 Å². The molecule has 3 N–H and O–H groups in total. The molecule has 61 heavy (non-hydrogen) atoms. The van der Waals surface area contributed by atoms with Gasteiger partial charge in [0.05, 0.1) is 16.9 Å². The molecule has 4 aromatic carbocycles. The Kier molecular flexibility index (Phi) is 17.4.